The zero-order valence-corrected chi connectivity index (χ0v) is 12.2. The quantitative estimate of drug-likeness (QED) is 0.831. The molecule has 4 rings (SSSR count). The Morgan fingerprint density at radius 1 is 1.05 bits per heavy atom. The Morgan fingerprint density at radius 2 is 1.95 bits per heavy atom. The first-order chi connectivity index (χ1) is 9.90. The molecular weight excluding hydrogens is 264 g/mol. The van der Waals surface area contributed by atoms with Crippen LogP contribution >= 0.6 is 11.8 Å². The summed E-state index contributed by atoms with van der Waals surface area (Å²) in [5, 5.41) is 7.20. The largest absolute Gasteiger partial charge is 0.334 e. The lowest BCUT2D eigenvalue weighted by molar-refractivity contribution is 0.535. The zero-order chi connectivity index (χ0) is 13.4. The molecular formula is C17H18N2S. The van der Waals surface area contributed by atoms with Crippen molar-refractivity contribution in [3.8, 4) is 0 Å². The van der Waals surface area contributed by atoms with E-state index < -0.39 is 0 Å². The van der Waals surface area contributed by atoms with Gasteiger partial charge < -0.3 is 5.32 Å². The molecule has 1 N–H and O–H groups in total. The summed E-state index contributed by atoms with van der Waals surface area (Å²) in [6, 6.07) is 15.5. The molecule has 1 aliphatic carbocycles. The molecule has 1 fully saturated rings. The smallest absolute Gasteiger partial charge is 0.161 e. The molecule has 0 bridgehead atoms. The normalized spacial score (nSPS) is 25.3. The van der Waals surface area contributed by atoms with Crippen LogP contribution < -0.4 is 5.32 Å². The fraction of sp³-hybridized carbons (Fsp3) is 0.353. The van der Waals surface area contributed by atoms with Crippen LogP contribution in [0.1, 0.15) is 19.3 Å². The van der Waals surface area contributed by atoms with E-state index >= 15 is 0 Å². The summed E-state index contributed by atoms with van der Waals surface area (Å²) >= 11 is 1.88. The van der Waals surface area contributed by atoms with E-state index in [0.29, 0.717) is 6.04 Å². The highest BCUT2D eigenvalue weighted by Gasteiger charge is 2.30. The topological polar surface area (TPSA) is 24.4 Å². The van der Waals surface area contributed by atoms with Gasteiger partial charge in [-0.05, 0) is 30.2 Å². The Balaban J connectivity index is 1.65. The molecule has 102 valence electrons. The number of thioether (sulfide) groups is 1. The summed E-state index contributed by atoms with van der Waals surface area (Å²) in [7, 11) is 0. The fourth-order valence-electron chi connectivity index (χ4n) is 3.27. The van der Waals surface area contributed by atoms with Crippen molar-refractivity contribution in [1.29, 1.82) is 0 Å². The van der Waals surface area contributed by atoms with Crippen LogP contribution in [0, 0.1) is 5.92 Å². The molecule has 3 heteroatoms. The summed E-state index contributed by atoms with van der Waals surface area (Å²) in [5.74, 6) is 2.04. The van der Waals surface area contributed by atoms with Crippen molar-refractivity contribution in [1.82, 2.24) is 0 Å². The number of anilines is 1. The van der Waals surface area contributed by atoms with E-state index in [1.807, 2.05) is 11.8 Å². The average Bonchev–Trinajstić information content (AvgIpc) is 2.95. The molecule has 1 saturated carbocycles. The van der Waals surface area contributed by atoms with E-state index in [-0.39, 0.29) is 0 Å². The van der Waals surface area contributed by atoms with Crippen molar-refractivity contribution in [2.45, 2.75) is 25.3 Å². The van der Waals surface area contributed by atoms with Crippen molar-refractivity contribution in [3.05, 3.63) is 42.5 Å². The molecule has 20 heavy (non-hydrogen) atoms. The van der Waals surface area contributed by atoms with Crippen molar-refractivity contribution in [3.63, 3.8) is 0 Å². The van der Waals surface area contributed by atoms with Crippen LogP contribution in [0.4, 0.5) is 5.69 Å². The van der Waals surface area contributed by atoms with Crippen molar-refractivity contribution in [2.75, 3.05) is 11.1 Å². The van der Waals surface area contributed by atoms with Crippen LogP contribution in [-0.4, -0.2) is 17.0 Å². The van der Waals surface area contributed by atoms with Gasteiger partial charge >= 0.3 is 0 Å². The summed E-state index contributed by atoms with van der Waals surface area (Å²) in [6.45, 7) is 0. The van der Waals surface area contributed by atoms with Crippen LogP contribution in [0.5, 0.6) is 0 Å². The number of aliphatic imine (C=N–C) groups is 1. The predicted octanol–water partition coefficient (Wildman–Crippen LogP) is 4.52. The third-order valence-electron chi connectivity index (χ3n) is 4.37. The fourth-order valence-corrected chi connectivity index (χ4v) is 4.43. The minimum absolute atomic E-state index is 0.564. The highest BCUT2D eigenvalue weighted by molar-refractivity contribution is 8.14. The molecule has 0 saturated heterocycles. The van der Waals surface area contributed by atoms with Crippen molar-refractivity contribution >= 4 is 33.4 Å². The molecule has 1 aliphatic heterocycles. The van der Waals surface area contributed by atoms with Gasteiger partial charge in [0.2, 0.25) is 0 Å². The van der Waals surface area contributed by atoms with Crippen molar-refractivity contribution < 1.29 is 0 Å². The van der Waals surface area contributed by atoms with Gasteiger partial charge in [-0.1, -0.05) is 54.6 Å². The number of nitrogens with zero attached hydrogens (tertiary/aromatic N) is 1. The summed E-state index contributed by atoms with van der Waals surface area (Å²) in [5.41, 5.74) is 1.17. The first-order valence-corrected chi connectivity index (χ1v) is 8.34. The molecule has 2 aromatic rings. The molecule has 0 spiro atoms. The van der Waals surface area contributed by atoms with Gasteiger partial charge in [-0.25, -0.2) is 0 Å². The van der Waals surface area contributed by atoms with E-state index in [0.717, 1.165) is 11.1 Å². The Labute approximate surface area is 123 Å². The van der Waals surface area contributed by atoms with Crippen LogP contribution in [-0.2, 0) is 0 Å². The van der Waals surface area contributed by atoms with Gasteiger partial charge in [-0.15, -0.1) is 0 Å². The van der Waals surface area contributed by atoms with Gasteiger partial charge in [0.25, 0.3) is 0 Å². The maximum atomic E-state index is 4.91. The molecule has 0 aromatic heterocycles. The van der Waals surface area contributed by atoms with Crippen LogP contribution in [0.15, 0.2) is 47.5 Å². The molecule has 2 nitrogen and oxygen atoms in total. The minimum Gasteiger partial charge on any atom is -0.334 e. The van der Waals surface area contributed by atoms with Gasteiger partial charge in [0.15, 0.2) is 5.17 Å². The number of benzene rings is 2. The molecule has 2 aliphatic rings. The number of rotatable bonds is 1. The standard InChI is InChI=1S/C17H18N2S/c1-2-8-14-12(5-1)6-3-10-16(14)19-17-18-15-9-4-7-13(15)11-20-17/h1-3,5-6,8,10,13,15H,4,7,9,11H2,(H,18,19). The lowest BCUT2D eigenvalue weighted by Gasteiger charge is -2.23. The predicted molar refractivity (Wildman–Crippen MR) is 88.6 cm³/mol. The van der Waals surface area contributed by atoms with Gasteiger partial charge in [0.1, 0.15) is 0 Å². The van der Waals surface area contributed by atoms with E-state index in [1.54, 1.807) is 0 Å². The third-order valence-corrected chi connectivity index (χ3v) is 5.44. The zero-order valence-electron chi connectivity index (χ0n) is 11.4. The maximum Gasteiger partial charge on any atom is 0.161 e. The van der Waals surface area contributed by atoms with E-state index in [4.69, 9.17) is 4.99 Å². The van der Waals surface area contributed by atoms with Gasteiger partial charge in [0, 0.05) is 16.8 Å². The SMILES string of the molecule is c1ccc2c(NC3=NC4CCCC4CS3)cccc2c1. The van der Waals surface area contributed by atoms with Gasteiger partial charge in [-0.2, -0.15) is 0 Å². The maximum absolute atomic E-state index is 4.91. The summed E-state index contributed by atoms with van der Waals surface area (Å²) in [6.07, 6.45) is 3.98. The van der Waals surface area contributed by atoms with E-state index in [2.05, 4.69) is 47.8 Å². The Hall–Kier alpha value is -1.48. The van der Waals surface area contributed by atoms with Crippen molar-refractivity contribution in [2.24, 2.45) is 10.9 Å². The second-order valence-electron chi connectivity index (χ2n) is 5.66. The molecule has 2 aromatic carbocycles. The molecule has 2 unspecified atom stereocenters. The molecule has 1 heterocycles. The Kier molecular flexibility index (Phi) is 3.15. The molecule has 0 radical (unpaired) electrons. The van der Waals surface area contributed by atoms with E-state index in [9.17, 15) is 0 Å². The Morgan fingerprint density at radius 3 is 2.95 bits per heavy atom. The minimum atomic E-state index is 0.564. The first-order valence-electron chi connectivity index (χ1n) is 7.35. The Bertz CT molecular complexity index is 660. The second-order valence-corrected chi connectivity index (χ2v) is 6.66. The molecule has 2 atom stereocenters. The average molecular weight is 282 g/mol. The van der Waals surface area contributed by atoms with Crippen LogP contribution in [0.3, 0.4) is 0 Å². The number of hydrogen-bond acceptors (Lipinski definition) is 3. The first kappa shape index (κ1) is 12.3. The highest BCUT2D eigenvalue weighted by atomic mass is 32.2. The third kappa shape index (κ3) is 2.20. The van der Waals surface area contributed by atoms with E-state index in [1.165, 1.54) is 41.5 Å². The number of fused-ring (bicyclic) bond motifs is 2. The monoisotopic (exact) mass is 282 g/mol. The number of nitrogens with one attached hydrogen (secondary N) is 1. The highest BCUT2D eigenvalue weighted by Crippen LogP contribution is 2.36. The lowest BCUT2D eigenvalue weighted by atomic mass is 10.1. The van der Waals surface area contributed by atoms with Crippen LogP contribution in [0.25, 0.3) is 10.8 Å². The van der Waals surface area contributed by atoms with Crippen LogP contribution in [0.2, 0.25) is 0 Å². The molecule has 0 amide bonds. The second kappa shape index (κ2) is 5.13. The summed E-state index contributed by atoms with van der Waals surface area (Å²) in [4.78, 5) is 4.91. The lowest BCUT2D eigenvalue weighted by Crippen LogP contribution is -2.25. The summed E-state index contributed by atoms with van der Waals surface area (Å²) < 4.78 is 0. The van der Waals surface area contributed by atoms with Gasteiger partial charge in [0.05, 0.1) is 6.04 Å². The number of hydrogen-bond donors (Lipinski definition) is 1. The van der Waals surface area contributed by atoms with Gasteiger partial charge in [-0.3, -0.25) is 4.99 Å². The number of amidine groups is 1.